The molecule has 0 aliphatic carbocycles. The Balaban J connectivity index is 1.53. The van der Waals surface area contributed by atoms with Crippen molar-refractivity contribution in [3.63, 3.8) is 0 Å². The molecule has 53 heavy (non-hydrogen) atoms. The van der Waals surface area contributed by atoms with Gasteiger partial charge in [0.05, 0.1) is 30.0 Å². The first-order valence-corrected chi connectivity index (χ1v) is 22.3. The van der Waals surface area contributed by atoms with E-state index in [-0.39, 0.29) is 27.8 Å². The van der Waals surface area contributed by atoms with Crippen LogP contribution in [0.25, 0.3) is 11.0 Å². The summed E-state index contributed by atoms with van der Waals surface area (Å²) in [4.78, 5) is 27.4. The van der Waals surface area contributed by atoms with Crippen LogP contribution in [0.15, 0.2) is 78.2 Å². The Kier molecular flexibility index (Phi) is 13.7. The number of benzene rings is 2. The topological polar surface area (TPSA) is 91.1 Å². The Hall–Kier alpha value is -3.44. The molecule has 0 amide bonds. The number of ketones is 1. The van der Waals surface area contributed by atoms with Gasteiger partial charge in [0.15, 0.2) is 5.82 Å². The molecule has 0 saturated carbocycles. The van der Waals surface area contributed by atoms with Crippen molar-refractivity contribution >= 4 is 69.3 Å². The summed E-state index contributed by atoms with van der Waals surface area (Å²) in [6, 6.07) is 21.3. The van der Waals surface area contributed by atoms with Crippen LogP contribution in [0.5, 0.6) is 0 Å². The lowest BCUT2D eigenvalue weighted by atomic mass is 10.2. The van der Waals surface area contributed by atoms with E-state index in [1.54, 1.807) is 34.9 Å². The van der Waals surface area contributed by atoms with E-state index < -0.39 is 14.5 Å². The quantitative estimate of drug-likeness (QED) is 0.0243. The maximum Gasteiger partial charge on any atom is 0.261 e. The lowest BCUT2D eigenvalue weighted by Crippen LogP contribution is -2.67. The van der Waals surface area contributed by atoms with Gasteiger partial charge in [-0.2, -0.15) is 0 Å². The van der Waals surface area contributed by atoms with Gasteiger partial charge in [-0.25, -0.2) is 15.0 Å². The lowest BCUT2D eigenvalue weighted by Gasteiger charge is -2.43. The van der Waals surface area contributed by atoms with Crippen LogP contribution in [0, 0.1) is 11.8 Å². The minimum Gasteiger partial charge on any atom is -0.405 e. The molecule has 0 N–H and O–H groups in total. The van der Waals surface area contributed by atoms with E-state index in [1.165, 1.54) is 16.7 Å². The van der Waals surface area contributed by atoms with E-state index in [2.05, 4.69) is 124 Å². The highest BCUT2D eigenvalue weighted by Gasteiger charge is 2.51. The van der Waals surface area contributed by atoms with Crippen molar-refractivity contribution < 1.29 is 18.7 Å². The number of fused-ring (bicyclic) bond motifs is 1. The normalized spacial score (nSPS) is 18.0. The first-order valence-electron chi connectivity index (χ1n) is 18.1. The number of ether oxygens (including phenoxy) is 2. The van der Waals surface area contributed by atoms with Crippen LogP contribution >= 0.6 is 21.6 Å². The summed E-state index contributed by atoms with van der Waals surface area (Å²) in [5.41, 5.74) is 1.41. The van der Waals surface area contributed by atoms with Gasteiger partial charge in [-0.1, -0.05) is 136 Å². The van der Waals surface area contributed by atoms with Gasteiger partial charge in [0, 0.05) is 44.3 Å². The van der Waals surface area contributed by atoms with E-state index in [0.29, 0.717) is 43.3 Å². The molecule has 4 aromatic rings. The van der Waals surface area contributed by atoms with Crippen LogP contribution in [-0.4, -0.2) is 83.5 Å². The predicted molar refractivity (Wildman–Crippen MR) is 223 cm³/mol. The number of Topliss-reactive ketones (excluding diaryl/α,β-unsaturated/α-hetero) is 1. The van der Waals surface area contributed by atoms with Crippen molar-refractivity contribution in [2.75, 3.05) is 26.6 Å². The summed E-state index contributed by atoms with van der Waals surface area (Å²) in [7, 11) is 4.51. The molecule has 3 heterocycles. The zero-order valence-electron chi connectivity index (χ0n) is 32.5. The molecule has 2 aromatic heterocycles. The van der Waals surface area contributed by atoms with Gasteiger partial charge in [-0.3, -0.25) is 4.79 Å². The second-order valence-electron chi connectivity index (χ2n) is 15.5. The van der Waals surface area contributed by atoms with Crippen LogP contribution in [0.1, 0.15) is 79.5 Å². The van der Waals surface area contributed by atoms with Crippen LogP contribution in [0.4, 0.5) is 5.82 Å². The molecule has 282 valence electrons. The van der Waals surface area contributed by atoms with Gasteiger partial charge in [0.1, 0.15) is 36.0 Å². The second-order valence-corrected chi connectivity index (χ2v) is 22.9. The average Bonchev–Trinajstić information content (AvgIpc) is 3.69. The molecule has 1 fully saturated rings. The molecular formula is C41H53N5O4S2Si. The number of carbonyl (C=O) groups excluding carboxylic acids is 1. The molecule has 0 radical (unpaired) electrons. The van der Waals surface area contributed by atoms with Crippen LogP contribution in [-0.2, 0) is 18.7 Å². The zero-order valence-corrected chi connectivity index (χ0v) is 35.1. The summed E-state index contributed by atoms with van der Waals surface area (Å²) in [6.45, 7) is 15.4. The fourth-order valence-electron chi connectivity index (χ4n) is 6.53. The minimum absolute atomic E-state index is 0.104. The van der Waals surface area contributed by atoms with E-state index >= 15 is 0 Å². The molecule has 5 rings (SSSR count). The minimum atomic E-state index is -2.84. The average molecular weight is 772 g/mol. The van der Waals surface area contributed by atoms with Gasteiger partial charge >= 0.3 is 0 Å². The zero-order chi connectivity index (χ0) is 38.2. The number of aromatic nitrogens is 3. The molecule has 1 aliphatic heterocycles. The van der Waals surface area contributed by atoms with Crippen molar-refractivity contribution in [3.8, 4) is 11.8 Å². The van der Waals surface area contributed by atoms with E-state index in [4.69, 9.17) is 18.9 Å². The van der Waals surface area contributed by atoms with Crippen LogP contribution < -0.4 is 10.4 Å². The van der Waals surface area contributed by atoms with E-state index in [1.807, 2.05) is 29.8 Å². The molecular weight excluding hydrogens is 719 g/mol. The van der Waals surface area contributed by atoms with Gasteiger partial charge in [0.25, 0.3) is 8.32 Å². The Labute approximate surface area is 324 Å². The van der Waals surface area contributed by atoms with Crippen molar-refractivity contribution in [2.24, 2.45) is 4.99 Å². The third-order valence-electron chi connectivity index (χ3n) is 8.84. The highest BCUT2D eigenvalue weighted by molar-refractivity contribution is 8.77. The second kappa shape index (κ2) is 17.8. The highest BCUT2D eigenvalue weighted by atomic mass is 33.1. The summed E-state index contributed by atoms with van der Waals surface area (Å²) in [6.07, 6.45) is 5.70. The van der Waals surface area contributed by atoms with Crippen LogP contribution in [0.3, 0.4) is 0 Å². The summed E-state index contributed by atoms with van der Waals surface area (Å²) >= 11 is 0. The SMILES string of the molecule is CC(=O)CCC#Cc1cn([C@H]2CC(OCSSC(C)(C)C)[C@@H](CO[Si](c3ccccc3)(c3ccccc3)C(C)(C)C)O2)c2ncnc(N=CN(C)C)c12. The maximum atomic E-state index is 11.6. The largest absolute Gasteiger partial charge is 0.405 e. The van der Waals surface area contributed by atoms with Gasteiger partial charge in [0.2, 0.25) is 0 Å². The van der Waals surface area contributed by atoms with Crippen molar-refractivity contribution in [2.45, 2.75) is 95.9 Å². The van der Waals surface area contributed by atoms with Crippen molar-refractivity contribution in [1.29, 1.82) is 0 Å². The standard InChI is InChI=1S/C41H53N5O4S2Si/c1-30(47)18-16-17-19-31-25-46(39-37(31)38(42-27-43-39)44-28-45(8)9)36-24-34(48-29-51-52-40(2,3)4)35(50-36)26-49-53(41(5,6)7,32-20-12-10-13-21-32)33-22-14-11-15-23-33/h10-15,20-23,25,27-28,34-36H,16,18,24,26,29H2,1-9H3/t34?,35-,36-/m1/s1. The molecule has 1 aliphatic rings. The Morgan fingerprint density at radius 3 is 2.30 bits per heavy atom. The Bertz CT molecular complexity index is 1870. The summed E-state index contributed by atoms with van der Waals surface area (Å²) in [5.74, 6) is 7.61. The summed E-state index contributed by atoms with van der Waals surface area (Å²) in [5, 5.41) is 2.99. The number of hydrogen-bond donors (Lipinski definition) is 0. The molecule has 12 heteroatoms. The molecule has 3 atom stereocenters. The van der Waals surface area contributed by atoms with Gasteiger partial charge < -0.3 is 23.4 Å². The fraction of sp³-hybridized carbons (Fsp3) is 0.463. The molecule has 2 aromatic carbocycles. The molecule has 9 nitrogen and oxygen atoms in total. The maximum absolute atomic E-state index is 11.6. The van der Waals surface area contributed by atoms with E-state index in [0.717, 1.165) is 10.9 Å². The monoisotopic (exact) mass is 771 g/mol. The highest BCUT2D eigenvalue weighted by Crippen LogP contribution is 2.41. The predicted octanol–water partition coefficient (Wildman–Crippen LogP) is 7.76. The molecule has 1 unspecified atom stereocenters. The van der Waals surface area contributed by atoms with E-state index in [9.17, 15) is 4.79 Å². The molecule has 0 bridgehead atoms. The smallest absolute Gasteiger partial charge is 0.261 e. The number of hydrogen-bond acceptors (Lipinski definition) is 9. The first-order chi connectivity index (χ1) is 25.2. The third kappa shape index (κ3) is 10.2. The van der Waals surface area contributed by atoms with Crippen molar-refractivity contribution in [1.82, 2.24) is 19.4 Å². The molecule has 0 spiro atoms. The Morgan fingerprint density at radius 1 is 1.06 bits per heavy atom. The first kappa shape index (κ1) is 40.7. The number of rotatable bonds is 14. The number of aliphatic imine (C=N–C) groups is 1. The van der Waals surface area contributed by atoms with Gasteiger partial charge in [-0.15, -0.1) is 0 Å². The molecule has 1 saturated heterocycles. The fourth-order valence-corrected chi connectivity index (χ4v) is 13.1. The van der Waals surface area contributed by atoms with Crippen molar-refractivity contribution in [3.05, 3.63) is 78.8 Å². The number of carbonyl (C=O) groups is 1. The summed E-state index contributed by atoms with van der Waals surface area (Å²) < 4.78 is 23.2. The van der Waals surface area contributed by atoms with Crippen LogP contribution in [0.2, 0.25) is 5.04 Å². The Morgan fingerprint density at radius 2 is 1.72 bits per heavy atom. The van der Waals surface area contributed by atoms with Gasteiger partial charge in [-0.05, 0) is 22.3 Å². The lowest BCUT2D eigenvalue weighted by molar-refractivity contribution is -0.116. The third-order valence-corrected chi connectivity index (χ3v) is 16.8. The number of nitrogens with zero attached hydrogens (tertiary/aromatic N) is 5.